The highest BCUT2D eigenvalue weighted by Gasteiger charge is 2.37. The van der Waals surface area contributed by atoms with E-state index in [1.807, 2.05) is 13.8 Å². The molecule has 1 fully saturated rings. The number of isocyanates is 1. The Morgan fingerprint density at radius 1 is 1.19 bits per heavy atom. The largest absolute Gasteiger partial charge is 0.496 e. The SMILES string of the molecule is COc1cccc2[nH]c(C(=O)N[C@@H](CC(C)C)C(=O)N[C@@H](C[C@@H]3CC(c4cccc(N=C=O)c4)NC3=O)C(O)C#N)cc12. The van der Waals surface area contributed by atoms with Crippen molar-refractivity contribution in [3.8, 4) is 11.8 Å². The molecule has 1 aliphatic heterocycles. The van der Waals surface area contributed by atoms with Crippen LogP contribution in [-0.4, -0.2) is 59.2 Å². The van der Waals surface area contributed by atoms with Crippen molar-refractivity contribution in [1.29, 1.82) is 5.26 Å². The van der Waals surface area contributed by atoms with Crippen LogP contribution in [0.3, 0.4) is 0 Å². The number of aliphatic hydroxyl groups is 1. The summed E-state index contributed by atoms with van der Waals surface area (Å²) in [5, 5.41) is 29.1. The number of aliphatic imine (C=N–C) groups is 1. The van der Waals surface area contributed by atoms with Gasteiger partial charge in [0.2, 0.25) is 17.9 Å². The molecular weight excluding hydrogens is 552 g/mol. The predicted octanol–water partition coefficient (Wildman–Crippen LogP) is 2.93. The number of amides is 3. The number of aromatic amines is 1. The number of methoxy groups -OCH3 is 1. The first-order valence-corrected chi connectivity index (χ1v) is 14.0. The van der Waals surface area contributed by atoms with Crippen LogP contribution in [0.1, 0.15) is 55.2 Å². The minimum Gasteiger partial charge on any atom is -0.496 e. The Labute approximate surface area is 248 Å². The van der Waals surface area contributed by atoms with Crippen LogP contribution in [0.2, 0.25) is 0 Å². The Balaban J connectivity index is 1.47. The van der Waals surface area contributed by atoms with E-state index in [-0.39, 0.29) is 30.0 Å². The highest BCUT2D eigenvalue weighted by Crippen LogP contribution is 2.33. The number of hydrogen-bond acceptors (Lipinski definition) is 8. The van der Waals surface area contributed by atoms with Gasteiger partial charge >= 0.3 is 0 Å². The zero-order valence-electron chi connectivity index (χ0n) is 24.1. The number of fused-ring (bicyclic) bond motifs is 1. The van der Waals surface area contributed by atoms with Gasteiger partial charge in [0.05, 0.1) is 31.0 Å². The minimum absolute atomic E-state index is 0.000855. The monoisotopic (exact) mass is 586 g/mol. The molecule has 3 aromatic rings. The van der Waals surface area contributed by atoms with E-state index >= 15 is 0 Å². The summed E-state index contributed by atoms with van der Waals surface area (Å²) in [4.78, 5) is 56.8. The van der Waals surface area contributed by atoms with Crippen molar-refractivity contribution in [3.05, 3.63) is 59.8 Å². The van der Waals surface area contributed by atoms with Crippen LogP contribution in [0.4, 0.5) is 5.69 Å². The molecule has 12 nitrogen and oxygen atoms in total. The predicted molar refractivity (Wildman–Crippen MR) is 157 cm³/mol. The van der Waals surface area contributed by atoms with Crippen LogP contribution < -0.4 is 20.7 Å². The zero-order valence-corrected chi connectivity index (χ0v) is 24.1. The molecule has 43 heavy (non-hydrogen) atoms. The number of nitrogens with one attached hydrogen (secondary N) is 4. The number of benzene rings is 2. The van der Waals surface area contributed by atoms with Crippen LogP contribution in [0, 0.1) is 23.2 Å². The normalized spacial score (nSPS) is 18.2. The van der Waals surface area contributed by atoms with Gasteiger partial charge in [-0.3, -0.25) is 14.4 Å². The molecular formula is C31H34N6O6. The number of nitriles is 1. The molecule has 0 aliphatic carbocycles. The minimum atomic E-state index is -1.59. The Bertz CT molecular complexity index is 1590. The summed E-state index contributed by atoms with van der Waals surface area (Å²) in [7, 11) is 1.54. The van der Waals surface area contributed by atoms with Gasteiger partial charge < -0.3 is 30.8 Å². The molecule has 224 valence electrons. The van der Waals surface area contributed by atoms with Crippen molar-refractivity contribution in [1.82, 2.24) is 20.9 Å². The third-order valence-corrected chi connectivity index (χ3v) is 7.45. The van der Waals surface area contributed by atoms with Crippen molar-refractivity contribution in [2.75, 3.05) is 7.11 Å². The molecule has 2 unspecified atom stereocenters. The smallest absolute Gasteiger partial charge is 0.268 e. The molecule has 0 spiro atoms. The summed E-state index contributed by atoms with van der Waals surface area (Å²) >= 11 is 0. The molecule has 5 atom stereocenters. The number of nitrogens with zero attached hydrogens (tertiary/aromatic N) is 2. The molecule has 0 bridgehead atoms. The standard InChI is InChI=1S/C31H34N6O6/c1-17(2)10-25(37-31(42)26-14-21-22(34-26)8-5-9-28(21)43-3)30(41)36-24(27(39)15-32)13-19-12-23(35-29(19)40)18-6-4-7-20(11-18)33-16-38/h4-9,11,14,17,19,23-25,27,34,39H,10,12-13H2,1-3H3,(H,35,40)(H,36,41)(H,37,42)/t19-,23?,24-,25-,27?/m0/s1. The lowest BCUT2D eigenvalue weighted by Gasteiger charge is -2.26. The second-order valence-corrected chi connectivity index (χ2v) is 11.0. The number of aromatic nitrogens is 1. The van der Waals surface area contributed by atoms with Gasteiger partial charge in [0.1, 0.15) is 17.5 Å². The molecule has 2 heterocycles. The second kappa shape index (κ2) is 13.8. The van der Waals surface area contributed by atoms with Crippen LogP contribution in [0.15, 0.2) is 53.5 Å². The Morgan fingerprint density at radius 3 is 2.65 bits per heavy atom. The first kappa shape index (κ1) is 31.0. The van der Waals surface area contributed by atoms with Gasteiger partial charge in [-0.05, 0) is 61.1 Å². The molecule has 0 radical (unpaired) electrons. The van der Waals surface area contributed by atoms with Crippen molar-refractivity contribution >= 4 is 40.4 Å². The van der Waals surface area contributed by atoms with Gasteiger partial charge in [0.15, 0.2) is 6.10 Å². The quantitative estimate of drug-likeness (QED) is 0.123. The van der Waals surface area contributed by atoms with E-state index in [2.05, 4.69) is 25.9 Å². The lowest BCUT2D eigenvalue weighted by Crippen LogP contribution is -2.53. The van der Waals surface area contributed by atoms with Gasteiger partial charge in [-0.25, -0.2) is 4.79 Å². The Kier molecular flexibility index (Phi) is 9.93. The molecule has 2 aromatic carbocycles. The highest BCUT2D eigenvalue weighted by atomic mass is 16.5. The summed E-state index contributed by atoms with van der Waals surface area (Å²) < 4.78 is 5.37. The van der Waals surface area contributed by atoms with E-state index in [1.165, 1.54) is 13.2 Å². The average Bonchev–Trinajstić information content (AvgIpc) is 3.59. The molecule has 3 amide bonds. The van der Waals surface area contributed by atoms with Crippen LogP contribution in [0.25, 0.3) is 10.9 Å². The van der Waals surface area contributed by atoms with Gasteiger partial charge in [0.25, 0.3) is 5.91 Å². The molecule has 5 N–H and O–H groups in total. The lowest BCUT2D eigenvalue weighted by molar-refractivity contribution is -0.126. The topological polar surface area (TPSA) is 186 Å². The Hall–Kier alpha value is -4.98. The van der Waals surface area contributed by atoms with Crippen LogP contribution >= 0.6 is 0 Å². The molecule has 0 saturated carbocycles. The number of carbonyl (C=O) groups is 3. The number of ether oxygens (including phenoxy) is 1. The maximum absolute atomic E-state index is 13.5. The zero-order chi connectivity index (χ0) is 31.1. The third kappa shape index (κ3) is 7.46. The fourth-order valence-corrected chi connectivity index (χ4v) is 5.34. The van der Waals surface area contributed by atoms with Crippen molar-refractivity contribution in [3.63, 3.8) is 0 Å². The first-order chi connectivity index (χ1) is 20.6. The van der Waals surface area contributed by atoms with E-state index in [0.717, 1.165) is 5.56 Å². The Morgan fingerprint density at radius 2 is 1.95 bits per heavy atom. The van der Waals surface area contributed by atoms with Gasteiger partial charge in [-0.15, -0.1) is 0 Å². The van der Waals surface area contributed by atoms with Crippen LogP contribution in [0.5, 0.6) is 5.75 Å². The first-order valence-electron chi connectivity index (χ1n) is 14.0. The van der Waals surface area contributed by atoms with E-state index in [1.54, 1.807) is 54.6 Å². The number of rotatable bonds is 12. The number of H-pyrrole nitrogens is 1. The van der Waals surface area contributed by atoms with Crippen molar-refractivity contribution in [2.24, 2.45) is 16.8 Å². The van der Waals surface area contributed by atoms with Gasteiger partial charge in [0, 0.05) is 16.8 Å². The molecule has 12 heteroatoms. The number of aliphatic hydroxyl groups excluding tert-OH is 1. The fourth-order valence-electron chi connectivity index (χ4n) is 5.34. The summed E-state index contributed by atoms with van der Waals surface area (Å²) in [6.45, 7) is 3.81. The third-order valence-electron chi connectivity index (χ3n) is 7.45. The fraction of sp³-hybridized carbons (Fsp3) is 0.387. The van der Waals surface area contributed by atoms with Crippen molar-refractivity contribution in [2.45, 2.75) is 57.3 Å². The molecule has 1 saturated heterocycles. The summed E-state index contributed by atoms with van der Waals surface area (Å²) in [5.41, 5.74) is 2.08. The summed E-state index contributed by atoms with van der Waals surface area (Å²) in [5.74, 6) is -1.37. The summed E-state index contributed by atoms with van der Waals surface area (Å²) in [6, 6.07) is 13.2. The lowest BCUT2D eigenvalue weighted by atomic mass is 9.91. The molecule has 4 rings (SSSR count). The highest BCUT2D eigenvalue weighted by molar-refractivity contribution is 6.01. The molecule has 1 aliphatic rings. The van der Waals surface area contributed by atoms with E-state index < -0.39 is 35.9 Å². The van der Waals surface area contributed by atoms with Gasteiger partial charge in [-0.2, -0.15) is 10.3 Å². The van der Waals surface area contributed by atoms with E-state index in [0.29, 0.717) is 35.2 Å². The van der Waals surface area contributed by atoms with Crippen LogP contribution in [-0.2, 0) is 14.4 Å². The van der Waals surface area contributed by atoms with E-state index in [9.17, 15) is 29.5 Å². The average molecular weight is 587 g/mol. The van der Waals surface area contributed by atoms with E-state index in [4.69, 9.17) is 4.74 Å². The van der Waals surface area contributed by atoms with Crippen molar-refractivity contribution < 1.29 is 29.0 Å². The number of hydrogen-bond donors (Lipinski definition) is 5. The maximum atomic E-state index is 13.5. The number of carbonyl (C=O) groups excluding carboxylic acids is 4. The molecule has 1 aromatic heterocycles. The van der Waals surface area contributed by atoms with Gasteiger partial charge in [-0.1, -0.05) is 32.0 Å². The maximum Gasteiger partial charge on any atom is 0.268 e. The summed E-state index contributed by atoms with van der Waals surface area (Å²) in [6.07, 6.45) is 0.539. The second-order valence-electron chi connectivity index (χ2n) is 11.0.